The lowest BCUT2D eigenvalue weighted by Gasteiger charge is -2.12. The van der Waals surface area contributed by atoms with Crippen LogP contribution in [-0.2, 0) is 0 Å². The van der Waals surface area contributed by atoms with Gasteiger partial charge in [0.05, 0.1) is 6.54 Å². The first-order valence-electron chi connectivity index (χ1n) is 3.47. The van der Waals surface area contributed by atoms with Gasteiger partial charge in [-0.25, -0.2) is 4.98 Å². The summed E-state index contributed by atoms with van der Waals surface area (Å²) in [7, 11) is 1.81. The fraction of sp³-hybridized carbons (Fsp3) is 0.250. The van der Waals surface area contributed by atoms with E-state index < -0.39 is 0 Å². The summed E-state index contributed by atoms with van der Waals surface area (Å²) in [6, 6.07) is 1.63. The molecule has 2 N–H and O–H groups in total. The Morgan fingerprint density at radius 1 is 1.75 bits per heavy atom. The maximum absolute atomic E-state index is 5.46. The van der Waals surface area contributed by atoms with E-state index in [1.165, 1.54) is 0 Å². The number of anilines is 2. The Labute approximate surface area is 71.4 Å². The van der Waals surface area contributed by atoms with Crippen molar-refractivity contribution < 1.29 is 0 Å². The molecule has 0 saturated carbocycles. The zero-order chi connectivity index (χ0) is 8.97. The molecule has 0 aromatic carbocycles. The Balaban J connectivity index is 2.82. The predicted octanol–water partition coefficient (Wildman–Crippen LogP) is 0.128. The van der Waals surface area contributed by atoms with Crippen molar-refractivity contribution in [2.45, 2.75) is 0 Å². The molecule has 0 saturated heterocycles. The number of hydrogen-bond donors (Lipinski definition) is 1. The van der Waals surface area contributed by atoms with Crippen LogP contribution in [0, 0.1) is 12.3 Å². The smallest absolute Gasteiger partial charge is 0.227 e. The zero-order valence-electron chi connectivity index (χ0n) is 6.86. The van der Waals surface area contributed by atoms with Gasteiger partial charge in [0.1, 0.15) is 5.82 Å². The average molecular weight is 162 g/mol. The number of hydrogen-bond acceptors (Lipinski definition) is 4. The largest absolute Gasteiger partial charge is 0.384 e. The minimum atomic E-state index is 0.448. The standard InChI is InChI=1S/C8H10N4/c1-3-6-12(2)8-10-5-4-7(9)11-8/h1,4-5H,6H2,2H3,(H2,9,10,11). The van der Waals surface area contributed by atoms with Crippen molar-refractivity contribution >= 4 is 11.8 Å². The molecular formula is C8H10N4. The van der Waals surface area contributed by atoms with Crippen molar-refractivity contribution in [3.05, 3.63) is 12.3 Å². The van der Waals surface area contributed by atoms with Gasteiger partial charge in [0.25, 0.3) is 0 Å². The molecule has 0 aliphatic carbocycles. The molecule has 4 nitrogen and oxygen atoms in total. The van der Waals surface area contributed by atoms with Gasteiger partial charge in [-0.05, 0) is 6.07 Å². The molecular weight excluding hydrogens is 152 g/mol. The van der Waals surface area contributed by atoms with Crippen LogP contribution in [-0.4, -0.2) is 23.6 Å². The molecule has 0 fully saturated rings. The minimum absolute atomic E-state index is 0.448. The molecule has 0 radical (unpaired) electrons. The van der Waals surface area contributed by atoms with Gasteiger partial charge in [-0.2, -0.15) is 4.98 Å². The number of aromatic nitrogens is 2. The van der Waals surface area contributed by atoms with E-state index in [-0.39, 0.29) is 0 Å². The molecule has 0 bridgehead atoms. The third-order valence-corrected chi connectivity index (χ3v) is 1.33. The van der Waals surface area contributed by atoms with Gasteiger partial charge in [-0.15, -0.1) is 6.42 Å². The number of nitrogen functional groups attached to an aromatic ring is 1. The van der Waals surface area contributed by atoms with E-state index in [0.29, 0.717) is 18.3 Å². The zero-order valence-corrected chi connectivity index (χ0v) is 6.86. The Kier molecular flexibility index (Phi) is 2.49. The predicted molar refractivity (Wildman–Crippen MR) is 48.5 cm³/mol. The van der Waals surface area contributed by atoms with Crippen LogP contribution in [0.15, 0.2) is 12.3 Å². The molecule has 1 heterocycles. The Bertz CT molecular complexity index is 302. The van der Waals surface area contributed by atoms with E-state index >= 15 is 0 Å². The molecule has 0 aliphatic heterocycles. The first kappa shape index (κ1) is 8.34. The van der Waals surface area contributed by atoms with Gasteiger partial charge in [0.15, 0.2) is 0 Å². The van der Waals surface area contributed by atoms with Crippen molar-refractivity contribution in [3.8, 4) is 12.3 Å². The Hall–Kier alpha value is -1.76. The van der Waals surface area contributed by atoms with E-state index in [0.717, 1.165) is 0 Å². The van der Waals surface area contributed by atoms with Crippen LogP contribution in [0.1, 0.15) is 0 Å². The lowest BCUT2D eigenvalue weighted by atomic mass is 10.5. The van der Waals surface area contributed by atoms with Crippen LogP contribution < -0.4 is 10.6 Å². The van der Waals surface area contributed by atoms with Crippen molar-refractivity contribution in [2.75, 3.05) is 24.2 Å². The first-order chi connectivity index (χ1) is 5.74. The highest BCUT2D eigenvalue weighted by molar-refractivity contribution is 5.37. The second-order valence-corrected chi connectivity index (χ2v) is 2.34. The van der Waals surface area contributed by atoms with Crippen molar-refractivity contribution in [1.82, 2.24) is 9.97 Å². The number of terminal acetylenes is 1. The molecule has 1 aromatic rings. The number of rotatable bonds is 2. The number of nitrogens with zero attached hydrogens (tertiary/aromatic N) is 3. The molecule has 0 aliphatic rings. The third-order valence-electron chi connectivity index (χ3n) is 1.33. The fourth-order valence-corrected chi connectivity index (χ4v) is 0.753. The van der Waals surface area contributed by atoms with Crippen LogP contribution in [0.5, 0.6) is 0 Å². The second-order valence-electron chi connectivity index (χ2n) is 2.34. The van der Waals surface area contributed by atoms with Gasteiger partial charge in [0.2, 0.25) is 5.95 Å². The summed E-state index contributed by atoms with van der Waals surface area (Å²) in [5.41, 5.74) is 5.46. The highest BCUT2D eigenvalue weighted by Gasteiger charge is 2.00. The SMILES string of the molecule is C#CCN(C)c1nccc(N)n1. The van der Waals surface area contributed by atoms with E-state index in [2.05, 4.69) is 15.9 Å². The van der Waals surface area contributed by atoms with Crippen LogP contribution in [0.4, 0.5) is 11.8 Å². The van der Waals surface area contributed by atoms with E-state index in [1.807, 2.05) is 7.05 Å². The third kappa shape index (κ3) is 1.86. The summed E-state index contributed by atoms with van der Waals surface area (Å²) in [5.74, 6) is 3.49. The van der Waals surface area contributed by atoms with Crippen molar-refractivity contribution in [2.24, 2.45) is 0 Å². The maximum Gasteiger partial charge on any atom is 0.227 e. The first-order valence-corrected chi connectivity index (χ1v) is 3.47. The lowest BCUT2D eigenvalue weighted by molar-refractivity contribution is 0.957. The topological polar surface area (TPSA) is 55.0 Å². The monoisotopic (exact) mass is 162 g/mol. The minimum Gasteiger partial charge on any atom is -0.384 e. The van der Waals surface area contributed by atoms with Crippen LogP contribution in [0.2, 0.25) is 0 Å². The molecule has 12 heavy (non-hydrogen) atoms. The summed E-state index contributed by atoms with van der Waals surface area (Å²) in [4.78, 5) is 9.73. The highest BCUT2D eigenvalue weighted by Crippen LogP contribution is 2.04. The normalized spacial score (nSPS) is 9.00. The molecule has 4 heteroatoms. The van der Waals surface area contributed by atoms with Gasteiger partial charge >= 0.3 is 0 Å². The van der Waals surface area contributed by atoms with Gasteiger partial charge in [-0.1, -0.05) is 5.92 Å². The fourth-order valence-electron chi connectivity index (χ4n) is 0.753. The summed E-state index contributed by atoms with van der Waals surface area (Å²) < 4.78 is 0. The van der Waals surface area contributed by atoms with Crippen molar-refractivity contribution in [3.63, 3.8) is 0 Å². The van der Waals surface area contributed by atoms with Gasteiger partial charge < -0.3 is 10.6 Å². The van der Waals surface area contributed by atoms with E-state index in [1.54, 1.807) is 17.2 Å². The molecule has 0 spiro atoms. The van der Waals surface area contributed by atoms with E-state index in [9.17, 15) is 0 Å². The molecule has 1 aromatic heterocycles. The van der Waals surface area contributed by atoms with Crippen molar-refractivity contribution in [1.29, 1.82) is 0 Å². The average Bonchev–Trinajstić information content (AvgIpc) is 2.05. The molecule has 0 atom stereocenters. The highest BCUT2D eigenvalue weighted by atomic mass is 15.2. The van der Waals surface area contributed by atoms with Gasteiger partial charge in [0, 0.05) is 13.2 Å². The summed E-state index contributed by atoms with van der Waals surface area (Å²) in [6.45, 7) is 0.476. The molecule has 62 valence electrons. The summed E-state index contributed by atoms with van der Waals surface area (Å²) in [5, 5.41) is 0. The van der Waals surface area contributed by atoms with Crippen LogP contribution >= 0.6 is 0 Å². The maximum atomic E-state index is 5.46. The second kappa shape index (κ2) is 3.58. The lowest BCUT2D eigenvalue weighted by Crippen LogP contribution is -2.19. The number of nitrogens with two attached hydrogens (primary N) is 1. The summed E-state index contributed by atoms with van der Waals surface area (Å²) >= 11 is 0. The van der Waals surface area contributed by atoms with Crippen LogP contribution in [0.25, 0.3) is 0 Å². The molecule has 0 unspecified atom stereocenters. The summed E-state index contributed by atoms with van der Waals surface area (Å²) in [6.07, 6.45) is 6.73. The Morgan fingerprint density at radius 2 is 2.50 bits per heavy atom. The molecule has 1 rings (SSSR count). The Morgan fingerprint density at radius 3 is 3.08 bits per heavy atom. The van der Waals surface area contributed by atoms with Gasteiger partial charge in [-0.3, -0.25) is 0 Å². The molecule has 0 amide bonds. The van der Waals surface area contributed by atoms with E-state index in [4.69, 9.17) is 12.2 Å². The van der Waals surface area contributed by atoms with Crippen LogP contribution in [0.3, 0.4) is 0 Å². The quantitative estimate of drug-likeness (QED) is 0.628.